The fourth-order valence-corrected chi connectivity index (χ4v) is 8.54. The second kappa shape index (κ2) is 9.28. The van der Waals surface area contributed by atoms with E-state index in [0.717, 1.165) is 30.9 Å². The van der Waals surface area contributed by atoms with E-state index < -0.39 is 0 Å². The van der Waals surface area contributed by atoms with Gasteiger partial charge in [-0.25, -0.2) is 0 Å². The summed E-state index contributed by atoms with van der Waals surface area (Å²) in [6.07, 6.45) is 15.1. The minimum atomic E-state index is 0.0330. The van der Waals surface area contributed by atoms with E-state index in [1.165, 1.54) is 44.9 Å². The monoisotopic (exact) mass is 471 g/mol. The lowest BCUT2D eigenvalue weighted by molar-refractivity contribution is -0.322. The molecule has 0 radical (unpaired) electrons. The van der Waals surface area contributed by atoms with Gasteiger partial charge in [0.05, 0.1) is 38.8 Å². The second-order valence-electron chi connectivity index (χ2n) is 12.7. The normalized spacial score (nSPS) is 39.8. The highest BCUT2D eigenvalue weighted by molar-refractivity contribution is 5.28. The summed E-state index contributed by atoms with van der Waals surface area (Å²) >= 11 is 0. The van der Waals surface area contributed by atoms with Crippen LogP contribution in [-0.2, 0) is 9.47 Å². The Morgan fingerprint density at radius 1 is 0.971 bits per heavy atom. The Hall–Kier alpha value is -1.33. The highest BCUT2D eigenvalue weighted by atomic mass is 16.7. The van der Waals surface area contributed by atoms with Crippen molar-refractivity contribution in [1.82, 2.24) is 4.98 Å². The lowest BCUT2D eigenvalue weighted by Crippen LogP contribution is -2.63. The Morgan fingerprint density at radius 2 is 1.74 bits per heavy atom. The molecule has 0 spiro atoms. The molecular formula is C29H45NO4. The van der Waals surface area contributed by atoms with Crippen molar-refractivity contribution in [3.05, 3.63) is 18.5 Å². The molecular weight excluding hydrogens is 426 g/mol. The SMILES string of the molecule is COc1cncc(OCC[C@@H]2C(C)(C)CCC3[C@]4(C)CO[C@@H](C5CCCC5)O[C@@H]4CC[C@]32C)c1. The van der Waals surface area contributed by atoms with Crippen LogP contribution in [0, 0.1) is 34.0 Å². The predicted molar refractivity (Wildman–Crippen MR) is 133 cm³/mol. The van der Waals surface area contributed by atoms with Gasteiger partial charge in [-0.05, 0) is 67.6 Å². The maximum absolute atomic E-state index is 6.75. The van der Waals surface area contributed by atoms with Gasteiger partial charge in [-0.1, -0.05) is 40.5 Å². The quantitative estimate of drug-likeness (QED) is 0.465. The van der Waals surface area contributed by atoms with Crippen LogP contribution < -0.4 is 9.47 Å². The zero-order valence-electron chi connectivity index (χ0n) is 22.0. The van der Waals surface area contributed by atoms with E-state index in [0.29, 0.717) is 35.9 Å². The number of rotatable bonds is 6. The molecule has 5 rings (SSSR count). The third kappa shape index (κ3) is 4.25. The standard InChI is InChI=1S/C29H45NO4/c1-27(2)13-10-24-28(3,23(27)12-15-32-22-16-21(31-5)17-30-18-22)14-11-25-29(24,4)19-33-26(34-25)20-8-6-7-9-20/h16-18,20,23-26H,6-15,19H2,1-5H3/t23-,24?,25-,26-,28+,29+/m1/s1. The summed E-state index contributed by atoms with van der Waals surface area (Å²) in [4.78, 5) is 4.24. The summed E-state index contributed by atoms with van der Waals surface area (Å²) in [6.45, 7) is 11.6. The van der Waals surface area contributed by atoms with E-state index in [1.54, 1.807) is 19.5 Å². The van der Waals surface area contributed by atoms with Gasteiger partial charge in [0.2, 0.25) is 0 Å². The first-order valence-corrected chi connectivity index (χ1v) is 13.7. The van der Waals surface area contributed by atoms with E-state index in [4.69, 9.17) is 18.9 Å². The second-order valence-corrected chi connectivity index (χ2v) is 12.7. The van der Waals surface area contributed by atoms with E-state index >= 15 is 0 Å². The summed E-state index contributed by atoms with van der Waals surface area (Å²) in [5.41, 5.74) is 0.678. The van der Waals surface area contributed by atoms with Crippen molar-refractivity contribution in [2.45, 2.75) is 97.9 Å². The molecule has 5 heteroatoms. The number of ether oxygens (including phenoxy) is 4. The molecule has 3 aliphatic carbocycles. The maximum Gasteiger partial charge on any atom is 0.160 e. The van der Waals surface area contributed by atoms with Crippen LogP contribution in [0.2, 0.25) is 0 Å². The summed E-state index contributed by atoms with van der Waals surface area (Å²) in [5, 5.41) is 0. The molecule has 4 aliphatic rings. The van der Waals surface area contributed by atoms with E-state index in [-0.39, 0.29) is 17.1 Å². The Morgan fingerprint density at radius 3 is 2.50 bits per heavy atom. The molecule has 1 aliphatic heterocycles. The van der Waals surface area contributed by atoms with Gasteiger partial charge in [0, 0.05) is 17.4 Å². The van der Waals surface area contributed by atoms with Crippen molar-refractivity contribution in [3.63, 3.8) is 0 Å². The molecule has 1 saturated heterocycles. The molecule has 6 atom stereocenters. The summed E-state index contributed by atoms with van der Waals surface area (Å²) in [6, 6.07) is 1.92. The molecule has 0 bridgehead atoms. The van der Waals surface area contributed by atoms with E-state index in [1.807, 2.05) is 6.07 Å². The summed E-state index contributed by atoms with van der Waals surface area (Å²) in [7, 11) is 1.66. The molecule has 1 aromatic heterocycles. The number of methoxy groups -OCH3 is 1. The van der Waals surface area contributed by atoms with Crippen LogP contribution in [0.1, 0.15) is 85.5 Å². The van der Waals surface area contributed by atoms with Crippen LogP contribution in [0.25, 0.3) is 0 Å². The van der Waals surface area contributed by atoms with Gasteiger partial charge < -0.3 is 18.9 Å². The first-order chi connectivity index (χ1) is 16.3. The number of nitrogens with zero attached hydrogens (tertiary/aromatic N) is 1. The van der Waals surface area contributed by atoms with Gasteiger partial charge in [0.15, 0.2) is 6.29 Å². The van der Waals surface area contributed by atoms with Gasteiger partial charge >= 0.3 is 0 Å². The lowest BCUT2D eigenvalue weighted by atomic mass is 9.42. The third-order valence-corrected chi connectivity index (χ3v) is 10.3. The lowest BCUT2D eigenvalue weighted by Gasteiger charge is -2.65. The Labute approximate surface area is 206 Å². The zero-order chi connectivity index (χ0) is 24.0. The van der Waals surface area contributed by atoms with Crippen molar-refractivity contribution in [2.75, 3.05) is 20.3 Å². The van der Waals surface area contributed by atoms with E-state index in [9.17, 15) is 0 Å². The molecule has 3 saturated carbocycles. The number of pyridine rings is 1. The van der Waals surface area contributed by atoms with Crippen molar-refractivity contribution in [1.29, 1.82) is 0 Å². The Balaban J connectivity index is 1.30. The van der Waals surface area contributed by atoms with Crippen molar-refractivity contribution in [3.8, 4) is 11.5 Å². The third-order valence-electron chi connectivity index (χ3n) is 10.3. The average Bonchev–Trinajstić information content (AvgIpc) is 3.35. The van der Waals surface area contributed by atoms with Crippen molar-refractivity contribution < 1.29 is 18.9 Å². The smallest absolute Gasteiger partial charge is 0.160 e. The van der Waals surface area contributed by atoms with Crippen LogP contribution in [-0.4, -0.2) is 37.7 Å². The first-order valence-electron chi connectivity index (χ1n) is 13.7. The minimum absolute atomic E-state index is 0.0330. The zero-order valence-corrected chi connectivity index (χ0v) is 22.0. The minimum Gasteiger partial charge on any atom is -0.495 e. The molecule has 0 aromatic carbocycles. The van der Waals surface area contributed by atoms with Crippen LogP contribution in [0.5, 0.6) is 11.5 Å². The molecule has 5 nitrogen and oxygen atoms in total. The molecule has 0 amide bonds. The highest BCUT2D eigenvalue weighted by Gasteiger charge is 2.62. The Kier molecular flexibility index (Phi) is 6.65. The fourth-order valence-electron chi connectivity index (χ4n) is 8.54. The summed E-state index contributed by atoms with van der Waals surface area (Å²) in [5.74, 6) is 3.36. The van der Waals surface area contributed by atoms with E-state index in [2.05, 4.69) is 32.7 Å². The Bertz CT molecular complexity index is 852. The van der Waals surface area contributed by atoms with Crippen LogP contribution in [0.3, 0.4) is 0 Å². The van der Waals surface area contributed by atoms with Gasteiger partial charge in [-0.3, -0.25) is 4.98 Å². The van der Waals surface area contributed by atoms with Crippen molar-refractivity contribution in [2.24, 2.45) is 34.0 Å². The van der Waals surface area contributed by atoms with Crippen LogP contribution in [0.4, 0.5) is 0 Å². The number of aromatic nitrogens is 1. The van der Waals surface area contributed by atoms with Gasteiger partial charge in [0.1, 0.15) is 11.5 Å². The average molecular weight is 472 g/mol. The highest BCUT2D eigenvalue weighted by Crippen LogP contribution is 2.66. The van der Waals surface area contributed by atoms with Gasteiger partial charge in [-0.2, -0.15) is 0 Å². The van der Waals surface area contributed by atoms with Crippen molar-refractivity contribution >= 4 is 0 Å². The number of fused-ring (bicyclic) bond motifs is 3. The molecule has 1 aromatic rings. The molecule has 1 unspecified atom stereocenters. The summed E-state index contributed by atoms with van der Waals surface area (Å²) < 4.78 is 24.8. The molecule has 2 heterocycles. The van der Waals surface area contributed by atoms with Crippen LogP contribution >= 0.6 is 0 Å². The molecule has 0 N–H and O–H groups in total. The predicted octanol–water partition coefficient (Wildman–Crippen LogP) is 6.65. The number of hydrogen-bond donors (Lipinski definition) is 0. The first kappa shape index (κ1) is 24.4. The topological polar surface area (TPSA) is 49.8 Å². The largest absolute Gasteiger partial charge is 0.495 e. The van der Waals surface area contributed by atoms with Gasteiger partial charge in [0.25, 0.3) is 0 Å². The fraction of sp³-hybridized carbons (Fsp3) is 0.828. The molecule has 190 valence electrons. The maximum atomic E-state index is 6.75. The van der Waals surface area contributed by atoms with Crippen LogP contribution in [0.15, 0.2) is 18.5 Å². The molecule has 34 heavy (non-hydrogen) atoms. The molecule has 4 fully saturated rings. The van der Waals surface area contributed by atoms with Gasteiger partial charge in [-0.15, -0.1) is 0 Å². The number of hydrogen-bond acceptors (Lipinski definition) is 5.